The number of carbonyl (C=O) groups excluding carboxylic acids is 1. The molecule has 1 atom stereocenters. The Labute approximate surface area is 160 Å². The number of anilines is 1. The van der Waals surface area contributed by atoms with Crippen molar-refractivity contribution in [3.8, 4) is 0 Å². The molecule has 3 rings (SSSR count). The average Bonchev–Trinajstić information content (AvgIpc) is 2.65. The molecular weight excluding hydrogens is 362 g/mol. The summed E-state index contributed by atoms with van der Waals surface area (Å²) in [6, 6.07) is 11.9. The Morgan fingerprint density at radius 3 is 2.52 bits per heavy atom. The predicted molar refractivity (Wildman–Crippen MR) is 107 cm³/mol. The molecule has 27 heavy (non-hydrogen) atoms. The third-order valence-electron chi connectivity index (χ3n) is 4.92. The molecule has 0 aliphatic carbocycles. The molecule has 2 N–H and O–H groups in total. The molecule has 1 saturated heterocycles. The minimum Gasteiger partial charge on any atom is -0.336 e. The number of sulfonamides is 1. The summed E-state index contributed by atoms with van der Waals surface area (Å²) in [7, 11) is -3.71. The van der Waals surface area contributed by atoms with Crippen molar-refractivity contribution in [2.45, 2.75) is 31.7 Å². The van der Waals surface area contributed by atoms with Gasteiger partial charge in [-0.3, -0.25) is 9.52 Å². The zero-order chi connectivity index (χ0) is 19.6. The quantitative estimate of drug-likeness (QED) is 0.845. The average molecular weight is 388 g/mol. The van der Waals surface area contributed by atoms with Crippen LogP contribution in [0.4, 0.5) is 5.69 Å². The van der Waals surface area contributed by atoms with Gasteiger partial charge in [0.15, 0.2) is 0 Å². The zero-order valence-electron chi connectivity index (χ0n) is 15.8. The highest BCUT2D eigenvalue weighted by Crippen LogP contribution is 2.22. The minimum absolute atomic E-state index is 0.0743. The summed E-state index contributed by atoms with van der Waals surface area (Å²) < 4.78 is 28.0. The highest BCUT2D eigenvalue weighted by molar-refractivity contribution is 7.92. The predicted octanol–water partition coefficient (Wildman–Crippen LogP) is 2.54. The topological polar surface area (TPSA) is 78.5 Å². The second-order valence-corrected chi connectivity index (χ2v) is 8.67. The summed E-state index contributed by atoms with van der Waals surface area (Å²) in [5, 5.41) is 3.30. The molecule has 2 aromatic rings. The van der Waals surface area contributed by atoms with Crippen LogP contribution in [0.3, 0.4) is 0 Å². The molecule has 144 valence electrons. The van der Waals surface area contributed by atoms with Gasteiger partial charge in [0.05, 0.1) is 10.6 Å². The van der Waals surface area contributed by atoms with E-state index in [-0.39, 0.29) is 16.8 Å². The Hall–Kier alpha value is -2.38. The van der Waals surface area contributed by atoms with Gasteiger partial charge in [0.2, 0.25) is 0 Å². The van der Waals surface area contributed by atoms with E-state index in [4.69, 9.17) is 0 Å². The Morgan fingerprint density at radius 1 is 1.15 bits per heavy atom. The fraction of sp³-hybridized carbons (Fsp3) is 0.350. The van der Waals surface area contributed by atoms with Crippen molar-refractivity contribution in [3.63, 3.8) is 0 Å². The molecule has 1 aliphatic rings. The second kappa shape index (κ2) is 7.70. The lowest BCUT2D eigenvalue weighted by molar-refractivity contribution is 0.0709. The van der Waals surface area contributed by atoms with E-state index in [1.54, 1.807) is 23.1 Å². The maximum absolute atomic E-state index is 12.7. The first kappa shape index (κ1) is 19.4. The maximum Gasteiger partial charge on any atom is 0.261 e. The van der Waals surface area contributed by atoms with Crippen LogP contribution >= 0.6 is 0 Å². The van der Waals surface area contributed by atoms with Crippen molar-refractivity contribution in [1.29, 1.82) is 0 Å². The number of nitrogens with zero attached hydrogens (tertiary/aromatic N) is 1. The SMILES string of the molecule is Cc1cccc(NS(=O)(=O)c2ccc(C(=O)N3CCNC(C)C3)cc2)c1C. The first-order valence-corrected chi connectivity index (χ1v) is 10.5. The Kier molecular flexibility index (Phi) is 5.53. The molecular formula is C20H25N3O3S. The number of hydrogen-bond donors (Lipinski definition) is 2. The maximum atomic E-state index is 12.7. The number of rotatable bonds is 4. The molecule has 0 saturated carbocycles. The van der Waals surface area contributed by atoms with Gasteiger partial charge in [-0.1, -0.05) is 12.1 Å². The van der Waals surface area contributed by atoms with Crippen molar-refractivity contribution in [3.05, 3.63) is 59.2 Å². The van der Waals surface area contributed by atoms with Crippen molar-refractivity contribution < 1.29 is 13.2 Å². The molecule has 7 heteroatoms. The summed E-state index contributed by atoms with van der Waals surface area (Å²) in [6.07, 6.45) is 0. The van der Waals surface area contributed by atoms with E-state index in [1.807, 2.05) is 32.9 Å². The van der Waals surface area contributed by atoms with Crippen molar-refractivity contribution in [2.24, 2.45) is 0 Å². The smallest absolute Gasteiger partial charge is 0.261 e. The van der Waals surface area contributed by atoms with Gasteiger partial charge >= 0.3 is 0 Å². The molecule has 1 aliphatic heterocycles. The molecule has 1 unspecified atom stereocenters. The molecule has 1 amide bonds. The molecule has 6 nitrogen and oxygen atoms in total. The van der Waals surface area contributed by atoms with E-state index in [0.29, 0.717) is 24.3 Å². The van der Waals surface area contributed by atoms with Crippen molar-refractivity contribution in [2.75, 3.05) is 24.4 Å². The number of hydrogen-bond acceptors (Lipinski definition) is 4. The first-order chi connectivity index (χ1) is 12.8. The van der Waals surface area contributed by atoms with Gasteiger partial charge in [0.1, 0.15) is 0 Å². The van der Waals surface area contributed by atoms with Crippen LogP contribution in [-0.2, 0) is 10.0 Å². The number of benzene rings is 2. The molecule has 2 aromatic carbocycles. The lowest BCUT2D eigenvalue weighted by Gasteiger charge is -2.32. The van der Waals surface area contributed by atoms with E-state index < -0.39 is 10.0 Å². The van der Waals surface area contributed by atoms with Gasteiger partial charge in [0.25, 0.3) is 15.9 Å². The Balaban J connectivity index is 1.77. The Bertz CT molecular complexity index is 939. The number of carbonyl (C=O) groups is 1. The molecule has 0 aromatic heterocycles. The summed E-state index contributed by atoms with van der Waals surface area (Å²) in [5.74, 6) is -0.0743. The van der Waals surface area contributed by atoms with E-state index in [1.165, 1.54) is 12.1 Å². The fourth-order valence-corrected chi connectivity index (χ4v) is 4.26. The normalized spacial score (nSPS) is 17.6. The van der Waals surface area contributed by atoms with Crippen LogP contribution in [-0.4, -0.2) is 44.9 Å². The van der Waals surface area contributed by atoms with Crippen LogP contribution in [0, 0.1) is 13.8 Å². The lowest BCUT2D eigenvalue weighted by Crippen LogP contribution is -2.51. The summed E-state index contributed by atoms with van der Waals surface area (Å²) in [6.45, 7) is 7.91. The van der Waals surface area contributed by atoms with Crippen LogP contribution in [0.5, 0.6) is 0 Å². The molecule has 0 spiro atoms. The summed E-state index contributed by atoms with van der Waals surface area (Å²) >= 11 is 0. The van der Waals surface area contributed by atoms with Crippen LogP contribution < -0.4 is 10.0 Å². The number of piperazine rings is 1. The highest BCUT2D eigenvalue weighted by Gasteiger charge is 2.22. The monoisotopic (exact) mass is 387 g/mol. The first-order valence-electron chi connectivity index (χ1n) is 8.99. The van der Waals surface area contributed by atoms with E-state index in [9.17, 15) is 13.2 Å². The number of amides is 1. The van der Waals surface area contributed by atoms with Crippen LogP contribution in [0.25, 0.3) is 0 Å². The second-order valence-electron chi connectivity index (χ2n) is 6.98. The van der Waals surface area contributed by atoms with Crippen molar-refractivity contribution >= 4 is 21.6 Å². The van der Waals surface area contributed by atoms with Gasteiger partial charge < -0.3 is 10.2 Å². The third kappa shape index (κ3) is 4.31. The van der Waals surface area contributed by atoms with Gasteiger partial charge in [-0.25, -0.2) is 8.42 Å². The zero-order valence-corrected chi connectivity index (χ0v) is 16.6. The van der Waals surface area contributed by atoms with Gasteiger partial charge in [-0.05, 0) is 62.2 Å². The summed E-state index contributed by atoms with van der Waals surface area (Å²) in [4.78, 5) is 14.5. The Morgan fingerprint density at radius 2 is 1.85 bits per heavy atom. The lowest BCUT2D eigenvalue weighted by atomic mass is 10.1. The largest absolute Gasteiger partial charge is 0.336 e. The number of nitrogens with one attached hydrogen (secondary N) is 2. The van der Waals surface area contributed by atoms with Gasteiger partial charge in [-0.2, -0.15) is 0 Å². The molecule has 1 fully saturated rings. The molecule has 0 radical (unpaired) electrons. The van der Waals surface area contributed by atoms with Crippen LogP contribution in [0.15, 0.2) is 47.4 Å². The minimum atomic E-state index is -3.71. The highest BCUT2D eigenvalue weighted by atomic mass is 32.2. The van der Waals surface area contributed by atoms with Crippen molar-refractivity contribution in [1.82, 2.24) is 10.2 Å². The molecule has 0 bridgehead atoms. The standard InChI is InChI=1S/C20H25N3O3S/c1-14-5-4-6-19(16(14)3)22-27(25,26)18-9-7-17(8-10-18)20(24)23-12-11-21-15(2)13-23/h4-10,15,21-22H,11-13H2,1-3H3. The summed E-state index contributed by atoms with van der Waals surface area (Å²) in [5.41, 5.74) is 2.96. The third-order valence-corrected chi connectivity index (χ3v) is 6.30. The fourth-order valence-electron chi connectivity index (χ4n) is 3.14. The number of aryl methyl sites for hydroxylation is 1. The van der Waals surface area contributed by atoms with Gasteiger partial charge in [-0.15, -0.1) is 0 Å². The van der Waals surface area contributed by atoms with E-state index >= 15 is 0 Å². The molecule has 1 heterocycles. The van der Waals surface area contributed by atoms with E-state index in [2.05, 4.69) is 10.0 Å². The van der Waals surface area contributed by atoms with Crippen LogP contribution in [0.2, 0.25) is 0 Å². The van der Waals surface area contributed by atoms with Gasteiger partial charge in [0, 0.05) is 31.2 Å². The van der Waals surface area contributed by atoms with E-state index in [0.717, 1.165) is 17.7 Å². The van der Waals surface area contributed by atoms with Crippen LogP contribution in [0.1, 0.15) is 28.4 Å².